The van der Waals surface area contributed by atoms with E-state index in [0.29, 0.717) is 6.42 Å². The third-order valence-corrected chi connectivity index (χ3v) is 2.91. The van der Waals surface area contributed by atoms with E-state index >= 15 is 0 Å². The van der Waals surface area contributed by atoms with E-state index in [9.17, 15) is 0 Å². The number of benzene rings is 1. The lowest BCUT2D eigenvalue weighted by atomic mass is 10.1. The first-order valence-corrected chi connectivity index (χ1v) is 5.84. The molecule has 2 heteroatoms. The molecule has 1 N–H and O–H groups in total. The lowest BCUT2D eigenvalue weighted by Crippen LogP contribution is -1.84. The van der Waals surface area contributed by atoms with Crippen LogP contribution in [-0.4, -0.2) is 4.98 Å². The number of fused-ring (bicyclic) bond motifs is 1. The van der Waals surface area contributed by atoms with E-state index in [0.717, 1.165) is 19.3 Å². The van der Waals surface area contributed by atoms with Gasteiger partial charge in [0.15, 0.2) is 0 Å². The molecule has 0 aliphatic rings. The number of para-hydroxylation sites is 1. The summed E-state index contributed by atoms with van der Waals surface area (Å²) in [6, 6.07) is 10.6. The van der Waals surface area contributed by atoms with E-state index in [1.54, 1.807) is 0 Å². The molecule has 0 radical (unpaired) electrons. The van der Waals surface area contributed by atoms with Gasteiger partial charge in [0.2, 0.25) is 0 Å². The first kappa shape index (κ1) is 10.8. The molecule has 0 aliphatic heterocycles. The van der Waals surface area contributed by atoms with Crippen molar-refractivity contribution in [1.29, 1.82) is 5.26 Å². The average molecular weight is 212 g/mol. The highest BCUT2D eigenvalue weighted by Gasteiger charge is 2.01. The molecule has 0 saturated heterocycles. The number of nitrogens with zero attached hydrogens (tertiary/aromatic N) is 1. The van der Waals surface area contributed by atoms with Crippen LogP contribution >= 0.6 is 0 Å². The van der Waals surface area contributed by atoms with Gasteiger partial charge in [-0.25, -0.2) is 0 Å². The summed E-state index contributed by atoms with van der Waals surface area (Å²) in [4.78, 5) is 3.29. The van der Waals surface area contributed by atoms with Crippen LogP contribution in [0.2, 0.25) is 0 Å². The number of hydrogen-bond donors (Lipinski definition) is 1. The summed E-state index contributed by atoms with van der Waals surface area (Å²) >= 11 is 0. The summed E-state index contributed by atoms with van der Waals surface area (Å²) in [7, 11) is 0. The van der Waals surface area contributed by atoms with Gasteiger partial charge in [-0.15, -0.1) is 0 Å². The zero-order chi connectivity index (χ0) is 11.2. The number of nitrogens with one attached hydrogen (secondary N) is 1. The molecule has 0 bridgehead atoms. The van der Waals surface area contributed by atoms with E-state index in [4.69, 9.17) is 5.26 Å². The minimum absolute atomic E-state index is 0.688. The Labute approximate surface area is 95.9 Å². The standard InChI is InChI=1S/C14H16N2/c15-10-6-2-1-3-7-12-11-16-14-9-5-4-8-13(12)14/h4-5,8-9,11,16H,1-3,6-7H2. The predicted molar refractivity (Wildman–Crippen MR) is 66.1 cm³/mol. The van der Waals surface area contributed by atoms with E-state index in [2.05, 4.69) is 41.5 Å². The monoisotopic (exact) mass is 212 g/mol. The molecule has 1 heterocycles. The second-order valence-corrected chi connectivity index (χ2v) is 4.08. The first-order valence-electron chi connectivity index (χ1n) is 5.84. The second kappa shape index (κ2) is 5.37. The maximum absolute atomic E-state index is 8.44. The zero-order valence-electron chi connectivity index (χ0n) is 9.37. The van der Waals surface area contributed by atoms with Crippen LogP contribution in [0, 0.1) is 11.3 Å². The Hall–Kier alpha value is -1.75. The fraction of sp³-hybridized carbons (Fsp3) is 0.357. The molecule has 82 valence electrons. The normalized spacial score (nSPS) is 10.4. The lowest BCUT2D eigenvalue weighted by molar-refractivity contribution is 0.692. The van der Waals surface area contributed by atoms with Crippen molar-refractivity contribution in [3.8, 4) is 6.07 Å². The number of rotatable bonds is 5. The number of H-pyrrole nitrogens is 1. The molecule has 1 aromatic carbocycles. The van der Waals surface area contributed by atoms with Crippen molar-refractivity contribution in [2.75, 3.05) is 0 Å². The highest BCUT2D eigenvalue weighted by atomic mass is 14.7. The molecule has 0 unspecified atom stereocenters. The van der Waals surface area contributed by atoms with E-state index in [1.165, 1.54) is 22.9 Å². The van der Waals surface area contributed by atoms with Gasteiger partial charge in [0, 0.05) is 23.5 Å². The van der Waals surface area contributed by atoms with Crippen LogP contribution in [0.1, 0.15) is 31.2 Å². The van der Waals surface area contributed by atoms with Gasteiger partial charge in [-0.05, 0) is 30.9 Å². The Morgan fingerprint density at radius 3 is 2.88 bits per heavy atom. The molecule has 16 heavy (non-hydrogen) atoms. The molecule has 2 nitrogen and oxygen atoms in total. The summed E-state index contributed by atoms with van der Waals surface area (Å²) in [5.74, 6) is 0. The Balaban J connectivity index is 1.92. The highest BCUT2D eigenvalue weighted by molar-refractivity contribution is 5.82. The molecule has 2 aromatic rings. The van der Waals surface area contributed by atoms with Crippen LogP contribution in [0.5, 0.6) is 0 Å². The molecular weight excluding hydrogens is 196 g/mol. The largest absolute Gasteiger partial charge is 0.361 e. The molecule has 0 atom stereocenters. The van der Waals surface area contributed by atoms with Crippen molar-refractivity contribution in [2.24, 2.45) is 0 Å². The van der Waals surface area contributed by atoms with Crippen molar-refractivity contribution in [2.45, 2.75) is 32.1 Å². The van der Waals surface area contributed by atoms with Crippen LogP contribution in [0.4, 0.5) is 0 Å². The SMILES string of the molecule is N#CCCCCCc1c[nH]c2ccccc12. The van der Waals surface area contributed by atoms with Crippen LogP contribution in [0.25, 0.3) is 10.9 Å². The van der Waals surface area contributed by atoms with Gasteiger partial charge in [0.05, 0.1) is 6.07 Å². The summed E-state index contributed by atoms with van der Waals surface area (Å²) < 4.78 is 0. The molecule has 0 spiro atoms. The predicted octanol–water partition coefficient (Wildman–Crippen LogP) is 3.79. The zero-order valence-corrected chi connectivity index (χ0v) is 9.37. The van der Waals surface area contributed by atoms with Crippen LogP contribution in [0.3, 0.4) is 0 Å². The lowest BCUT2D eigenvalue weighted by Gasteiger charge is -1.98. The maximum Gasteiger partial charge on any atom is 0.0621 e. The smallest absolute Gasteiger partial charge is 0.0621 e. The third-order valence-electron chi connectivity index (χ3n) is 2.91. The Kier molecular flexibility index (Phi) is 3.61. The molecule has 1 aromatic heterocycles. The van der Waals surface area contributed by atoms with Crippen LogP contribution in [0.15, 0.2) is 30.5 Å². The Morgan fingerprint density at radius 1 is 1.12 bits per heavy atom. The van der Waals surface area contributed by atoms with Crippen molar-refractivity contribution in [3.05, 3.63) is 36.0 Å². The second-order valence-electron chi connectivity index (χ2n) is 4.08. The first-order chi connectivity index (χ1) is 7.92. The number of unbranched alkanes of at least 4 members (excludes halogenated alkanes) is 3. The van der Waals surface area contributed by atoms with Crippen LogP contribution in [-0.2, 0) is 6.42 Å². The quantitative estimate of drug-likeness (QED) is 0.752. The summed E-state index contributed by atoms with van der Waals surface area (Å²) in [6.45, 7) is 0. The van der Waals surface area contributed by atoms with Crippen molar-refractivity contribution >= 4 is 10.9 Å². The summed E-state index contributed by atoms with van der Waals surface area (Å²) in [5, 5.41) is 9.77. The highest BCUT2D eigenvalue weighted by Crippen LogP contribution is 2.19. The van der Waals surface area contributed by atoms with Crippen molar-refractivity contribution in [1.82, 2.24) is 4.98 Å². The number of nitriles is 1. The average Bonchev–Trinajstić information content (AvgIpc) is 2.73. The van der Waals surface area contributed by atoms with Gasteiger partial charge < -0.3 is 4.98 Å². The number of aromatic nitrogens is 1. The topological polar surface area (TPSA) is 39.6 Å². The third kappa shape index (κ3) is 2.43. The van der Waals surface area contributed by atoms with Gasteiger partial charge in [-0.1, -0.05) is 24.6 Å². The molecule has 0 fully saturated rings. The van der Waals surface area contributed by atoms with Crippen LogP contribution < -0.4 is 0 Å². The molecule has 0 amide bonds. The van der Waals surface area contributed by atoms with E-state index in [1.807, 2.05) is 0 Å². The van der Waals surface area contributed by atoms with Crippen molar-refractivity contribution < 1.29 is 0 Å². The number of aryl methyl sites for hydroxylation is 1. The number of hydrogen-bond acceptors (Lipinski definition) is 1. The molecule has 2 rings (SSSR count). The van der Waals surface area contributed by atoms with Gasteiger partial charge >= 0.3 is 0 Å². The number of aromatic amines is 1. The van der Waals surface area contributed by atoms with Gasteiger partial charge in [0.1, 0.15) is 0 Å². The maximum atomic E-state index is 8.44. The minimum atomic E-state index is 0.688. The fourth-order valence-corrected chi connectivity index (χ4v) is 2.03. The minimum Gasteiger partial charge on any atom is -0.361 e. The van der Waals surface area contributed by atoms with E-state index < -0.39 is 0 Å². The van der Waals surface area contributed by atoms with Gasteiger partial charge in [0.25, 0.3) is 0 Å². The molecular formula is C14H16N2. The van der Waals surface area contributed by atoms with E-state index in [-0.39, 0.29) is 0 Å². The fourth-order valence-electron chi connectivity index (χ4n) is 2.03. The Morgan fingerprint density at radius 2 is 2.00 bits per heavy atom. The summed E-state index contributed by atoms with van der Waals surface area (Å²) in [6.07, 6.45) is 7.24. The molecule has 0 aliphatic carbocycles. The molecule has 0 saturated carbocycles. The summed E-state index contributed by atoms with van der Waals surface area (Å²) in [5.41, 5.74) is 2.61. The van der Waals surface area contributed by atoms with Gasteiger partial charge in [-0.3, -0.25) is 0 Å². The van der Waals surface area contributed by atoms with Crippen molar-refractivity contribution in [3.63, 3.8) is 0 Å². The Bertz CT molecular complexity index is 491. The van der Waals surface area contributed by atoms with Gasteiger partial charge in [-0.2, -0.15) is 5.26 Å².